The second kappa shape index (κ2) is 13.4. The summed E-state index contributed by atoms with van der Waals surface area (Å²) in [4.78, 5) is 0. The minimum atomic E-state index is 0.873. The van der Waals surface area contributed by atoms with Crippen LogP contribution in [0.15, 0.2) is 227 Å². The maximum absolute atomic E-state index is 6.44. The van der Waals surface area contributed by atoms with Crippen LogP contribution < -0.4 is 0 Å². The first kappa shape index (κ1) is 35.0. The van der Waals surface area contributed by atoms with E-state index in [0.717, 1.165) is 88.6 Å². The lowest BCUT2D eigenvalue weighted by Gasteiger charge is -2.10. The van der Waals surface area contributed by atoms with Gasteiger partial charge in [0.1, 0.15) is 22.3 Å². The number of fused-ring (bicyclic) bond motifs is 12. The fourth-order valence-corrected chi connectivity index (χ4v) is 10.3. The highest BCUT2D eigenvalue weighted by Gasteiger charge is 2.17. The van der Waals surface area contributed by atoms with E-state index in [9.17, 15) is 0 Å². The molecule has 0 saturated heterocycles. The number of nitrogens with zero attached hydrogens (tertiary/aromatic N) is 2. The van der Waals surface area contributed by atoms with Gasteiger partial charge in [0.25, 0.3) is 0 Å². The zero-order valence-corrected chi connectivity index (χ0v) is 34.5. The van der Waals surface area contributed by atoms with Gasteiger partial charge >= 0.3 is 0 Å². The van der Waals surface area contributed by atoms with E-state index in [0.29, 0.717) is 0 Å². The summed E-state index contributed by atoms with van der Waals surface area (Å²) in [7, 11) is 0. The Balaban J connectivity index is 0.840. The smallest absolute Gasteiger partial charge is 0.135 e. The summed E-state index contributed by atoms with van der Waals surface area (Å²) in [6.07, 6.45) is 0. The Morgan fingerprint density at radius 1 is 0.219 bits per heavy atom. The maximum atomic E-state index is 6.44. The molecule has 0 unspecified atom stereocenters. The molecular formula is C60H36N2O2. The molecule has 0 spiro atoms. The Hall–Kier alpha value is -8.60. The Morgan fingerprint density at radius 2 is 0.500 bits per heavy atom. The Bertz CT molecular complexity index is 3830. The molecule has 4 heterocycles. The number of hydrogen-bond acceptors (Lipinski definition) is 2. The fraction of sp³-hybridized carbons (Fsp3) is 0. The topological polar surface area (TPSA) is 36.1 Å². The molecule has 64 heavy (non-hydrogen) atoms. The van der Waals surface area contributed by atoms with Crippen molar-refractivity contribution in [2.24, 2.45) is 0 Å². The van der Waals surface area contributed by atoms with Crippen LogP contribution in [0.25, 0.3) is 132 Å². The third-order valence-electron chi connectivity index (χ3n) is 13.3. The molecule has 4 aromatic heterocycles. The minimum Gasteiger partial charge on any atom is -0.456 e. The first-order valence-electron chi connectivity index (χ1n) is 21.8. The highest BCUT2D eigenvalue weighted by atomic mass is 16.3. The van der Waals surface area contributed by atoms with Crippen LogP contribution in [0.5, 0.6) is 0 Å². The van der Waals surface area contributed by atoms with E-state index < -0.39 is 0 Å². The van der Waals surface area contributed by atoms with Crippen LogP contribution in [-0.4, -0.2) is 9.13 Å². The van der Waals surface area contributed by atoms with Crippen molar-refractivity contribution in [1.82, 2.24) is 9.13 Å². The number of hydrogen-bond donors (Lipinski definition) is 0. The van der Waals surface area contributed by atoms with Crippen LogP contribution in [-0.2, 0) is 0 Å². The molecule has 0 saturated carbocycles. The molecule has 0 N–H and O–H groups in total. The van der Waals surface area contributed by atoms with Gasteiger partial charge in [-0.15, -0.1) is 0 Å². The molecule has 0 fully saturated rings. The molecule has 0 aliphatic heterocycles. The molecule has 0 atom stereocenters. The number of rotatable bonds is 5. The summed E-state index contributed by atoms with van der Waals surface area (Å²) in [6, 6.07) is 78.5. The van der Waals surface area contributed by atoms with Gasteiger partial charge < -0.3 is 18.0 Å². The van der Waals surface area contributed by atoms with Gasteiger partial charge in [0, 0.05) is 54.5 Å². The number of para-hydroxylation sites is 4. The largest absolute Gasteiger partial charge is 0.456 e. The third kappa shape index (κ3) is 5.23. The molecule has 14 aromatic rings. The van der Waals surface area contributed by atoms with Crippen molar-refractivity contribution in [1.29, 1.82) is 0 Å². The third-order valence-corrected chi connectivity index (χ3v) is 13.3. The molecule has 14 rings (SSSR count). The van der Waals surface area contributed by atoms with Crippen LogP contribution in [0, 0.1) is 0 Å². The van der Waals surface area contributed by atoms with Crippen molar-refractivity contribution in [2.45, 2.75) is 0 Å². The monoisotopic (exact) mass is 816 g/mol. The normalized spacial score (nSPS) is 12.1. The molecule has 0 aliphatic rings. The molecule has 10 aromatic carbocycles. The van der Waals surface area contributed by atoms with E-state index in [-0.39, 0.29) is 0 Å². The average molecular weight is 817 g/mol. The van der Waals surface area contributed by atoms with E-state index in [4.69, 9.17) is 8.83 Å². The lowest BCUT2D eigenvalue weighted by molar-refractivity contribution is 0.668. The SMILES string of the molecule is c1cc(-c2ccc3oc4ccc(-c5ccc6oc7ccc(-c8cccc(-n9c%10ccccc%10c%10ccccc%109)c8)cc7c6c5)cc4c3c2)cc(-n2c3ccccc3c3ccccc32)c1. The van der Waals surface area contributed by atoms with Gasteiger partial charge in [-0.05, 0) is 130 Å². The molecule has 0 aliphatic carbocycles. The molecular weight excluding hydrogens is 781 g/mol. The summed E-state index contributed by atoms with van der Waals surface area (Å²) in [5.41, 5.74) is 17.4. The highest BCUT2D eigenvalue weighted by molar-refractivity contribution is 6.12. The summed E-state index contributed by atoms with van der Waals surface area (Å²) in [6.45, 7) is 0. The molecule has 298 valence electrons. The van der Waals surface area contributed by atoms with Gasteiger partial charge in [0.15, 0.2) is 0 Å². The number of benzene rings is 10. The van der Waals surface area contributed by atoms with E-state index in [1.165, 1.54) is 43.6 Å². The molecule has 0 bridgehead atoms. The number of aromatic nitrogens is 2. The quantitative estimate of drug-likeness (QED) is 0.173. The minimum absolute atomic E-state index is 0.873. The standard InChI is InChI=1S/C60H36N2O2/c1-5-19-53-45(15-1)46-16-2-6-20-54(46)61(53)43-13-9-11-37(31-43)39-23-27-57-49(33-39)51-35-41(25-29-59(51)63-57)42-26-30-60-52(36-42)50-34-40(24-28-58(50)64-60)38-12-10-14-44(32-38)62-55-21-7-3-17-47(55)48-18-4-8-22-56(48)62/h1-36H. The van der Waals surface area contributed by atoms with Gasteiger partial charge in [0.2, 0.25) is 0 Å². The van der Waals surface area contributed by atoms with E-state index in [2.05, 4.69) is 228 Å². The predicted molar refractivity (Wildman–Crippen MR) is 266 cm³/mol. The zero-order chi connectivity index (χ0) is 41.9. The maximum Gasteiger partial charge on any atom is 0.135 e. The Kier molecular flexibility index (Phi) is 7.36. The summed E-state index contributed by atoms with van der Waals surface area (Å²) >= 11 is 0. The van der Waals surface area contributed by atoms with Gasteiger partial charge in [0.05, 0.1) is 22.1 Å². The van der Waals surface area contributed by atoms with Crippen molar-refractivity contribution in [3.8, 4) is 44.8 Å². The Morgan fingerprint density at radius 3 is 0.812 bits per heavy atom. The first-order valence-corrected chi connectivity index (χ1v) is 21.8. The van der Waals surface area contributed by atoms with E-state index in [1.807, 2.05) is 0 Å². The van der Waals surface area contributed by atoms with Gasteiger partial charge in [-0.3, -0.25) is 0 Å². The van der Waals surface area contributed by atoms with Crippen LogP contribution in [0.1, 0.15) is 0 Å². The lowest BCUT2D eigenvalue weighted by atomic mass is 9.98. The van der Waals surface area contributed by atoms with E-state index >= 15 is 0 Å². The second-order valence-corrected chi connectivity index (χ2v) is 16.9. The van der Waals surface area contributed by atoms with Gasteiger partial charge in [-0.2, -0.15) is 0 Å². The second-order valence-electron chi connectivity index (χ2n) is 16.9. The lowest BCUT2D eigenvalue weighted by Crippen LogP contribution is -1.94. The summed E-state index contributed by atoms with van der Waals surface area (Å²) < 4.78 is 17.6. The zero-order valence-electron chi connectivity index (χ0n) is 34.5. The van der Waals surface area contributed by atoms with Crippen molar-refractivity contribution < 1.29 is 8.83 Å². The van der Waals surface area contributed by atoms with Crippen LogP contribution in [0.2, 0.25) is 0 Å². The highest BCUT2D eigenvalue weighted by Crippen LogP contribution is 2.40. The number of furan rings is 2. The van der Waals surface area contributed by atoms with Crippen molar-refractivity contribution in [3.05, 3.63) is 218 Å². The van der Waals surface area contributed by atoms with Crippen LogP contribution in [0.3, 0.4) is 0 Å². The summed E-state index contributed by atoms with van der Waals surface area (Å²) in [5.74, 6) is 0. The summed E-state index contributed by atoms with van der Waals surface area (Å²) in [5, 5.41) is 9.41. The average Bonchev–Trinajstić information content (AvgIpc) is 4.11. The predicted octanol–water partition coefficient (Wildman–Crippen LogP) is 16.7. The molecule has 4 nitrogen and oxygen atoms in total. The fourth-order valence-electron chi connectivity index (χ4n) is 10.3. The van der Waals surface area contributed by atoms with Crippen molar-refractivity contribution >= 4 is 87.5 Å². The van der Waals surface area contributed by atoms with Gasteiger partial charge in [-0.1, -0.05) is 121 Å². The van der Waals surface area contributed by atoms with Gasteiger partial charge in [-0.25, -0.2) is 0 Å². The Labute approximate surface area is 367 Å². The molecule has 0 radical (unpaired) electrons. The van der Waals surface area contributed by atoms with Crippen molar-refractivity contribution in [2.75, 3.05) is 0 Å². The van der Waals surface area contributed by atoms with E-state index in [1.54, 1.807) is 0 Å². The van der Waals surface area contributed by atoms with Crippen LogP contribution >= 0.6 is 0 Å². The first-order chi connectivity index (χ1) is 31.7. The van der Waals surface area contributed by atoms with Crippen molar-refractivity contribution in [3.63, 3.8) is 0 Å². The molecule has 4 heteroatoms. The van der Waals surface area contributed by atoms with Crippen LogP contribution in [0.4, 0.5) is 0 Å². The molecule has 0 amide bonds.